The van der Waals surface area contributed by atoms with Crippen molar-refractivity contribution in [3.63, 3.8) is 0 Å². The van der Waals surface area contributed by atoms with Crippen LogP contribution in [0.3, 0.4) is 0 Å². The van der Waals surface area contributed by atoms with Crippen LogP contribution in [0.2, 0.25) is 0 Å². The number of rotatable bonds is 1. The third-order valence-corrected chi connectivity index (χ3v) is 5.30. The van der Waals surface area contributed by atoms with Crippen molar-refractivity contribution in [2.24, 2.45) is 11.8 Å². The van der Waals surface area contributed by atoms with Crippen LogP contribution in [0.15, 0.2) is 28.7 Å². The second kappa shape index (κ2) is 5.32. The molecule has 1 N–H and O–H groups in total. The van der Waals surface area contributed by atoms with Crippen molar-refractivity contribution in [3.05, 3.63) is 40.0 Å². The maximum Gasteiger partial charge on any atom is 0.254 e. The van der Waals surface area contributed by atoms with Gasteiger partial charge in [-0.05, 0) is 37.0 Å². The molecular formula is C17H18BrN3O. The van der Waals surface area contributed by atoms with Crippen LogP contribution in [-0.4, -0.2) is 42.0 Å². The highest BCUT2D eigenvalue weighted by Gasteiger charge is 2.38. The van der Waals surface area contributed by atoms with Crippen molar-refractivity contribution in [3.8, 4) is 0 Å². The predicted octanol–water partition coefficient (Wildman–Crippen LogP) is 2.60. The molecule has 2 aliphatic rings. The molecule has 0 saturated carbocycles. The molecule has 1 amide bonds. The summed E-state index contributed by atoms with van der Waals surface area (Å²) in [4.78, 5) is 19.6. The Morgan fingerprint density at radius 3 is 2.73 bits per heavy atom. The SMILES string of the molecule is Cc1cc(C(=O)N2C[C@H]3CNC[C@H]3C2)c2ccc(Br)cc2n1. The van der Waals surface area contributed by atoms with Gasteiger partial charge in [-0.1, -0.05) is 22.0 Å². The number of carbonyl (C=O) groups is 1. The minimum absolute atomic E-state index is 0.146. The number of aryl methyl sites for hydroxylation is 1. The number of hydrogen-bond donors (Lipinski definition) is 1. The molecule has 0 aliphatic carbocycles. The smallest absolute Gasteiger partial charge is 0.254 e. The van der Waals surface area contributed by atoms with Crippen LogP contribution in [0.4, 0.5) is 0 Å². The van der Waals surface area contributed by atoms with E-state index in [1.807, 2.05) is 36.1 Å². The van der Waals surface area contributed by atoms with Gasteiger partial charge in [0.25, 0.3) is 5.91 Å². The number of likely N-dealkylation sites (tertiary alicyclic amines) is 1. The largest absolute Gasteiger partial charge is 0.338 e. The van der Waals surface area contributed by atoms with Crippen molar-refractivity contribution in [1.82, 2.24) is 15.2 Å². The Balaban J connectivity index is 1.72. The highest BCUT2D eigenvalue weighted by Crippen LogP contribution is 2.29. The van der Waals surface area contributed by atoms with Gasteiger partial charge < -0.3 is 10.2 Å². The van der Waals surface area contributed by atoms with Gasteiger partial charge in [0.15, 0.2) is 0 Å². The summed E-state index contributed by atoms with van der Waals surface area (Å²) in [7, 11) is 0. The van der Waals surface area contributed by atoms with Crippen LogP contribution in [0, 0.1) is 18.8 Å². The van der Waals surface area contributed by atoms with Gasteiger partial charge in [-0.2, -0.15) is 0 Å². The second-order valence-corrected chi connectivity index (χ2v) is 7.28. The quantitative estimate of drug-likeness (QED) is 0.850. The van der Waals surface area contributed by atoms with Gasteiger partial charge in [-0.3, -0.25) is 9.78 Å². The fraction of sp³-hybridized carbons (Fsp3) is 0.412. The molecule has 2 aliphatic heterocycles. The molecule has 0 unspecified atom stereocenters. The van der Waals surface area contributed by atoms with Crippen LogP contribution in [0.5, 0.6) is 0 Å². The number of nitrogens with one attached hydrogen (secondary N) is 1. The molecule has 0 spiro atoms. The molecule has 3 heterocycles. The van der Waals surface area contributed by atoms with E-state index in [9.17, 15) is 4.79 Å². The molecule has 0 radical (unpaired) electrons. The van der Waals surface area contributed by atoms with Crippen LogP contribution in [0.1, 0.15) is 16.1 Å². The first kappa shape index (κ1) is 14.2. The topological polar surface area (TPSA) is 45.2 Å². The van der Waals surface area contributed by atoms with Gasteiger partial charge >= 0.3 is 0 Å². The van der Waals surface area contributed by atoms with Gasteiger partial charge in [0.2, 0.25) is 0 Å². The van der Waals surface area contributed by atoms with Crippen LogP contribution in [0.25, 0.3) is 10.9 Å². The number of fused-ring (bicyclic) bond motifs is 2. The average molecular weight is 360 g/mol. The van der Waals surface area contributed by atoms with Crippen molar-refractivity contribution in [1.29, 1.82) is 0 Å². The summed E-state index contributed by atoms with van der Waals surface area (Å²) in [5.74, 6) is 1.38. The van der Waals surface area contributed by atoms with Gasteiger partial charge in [-0.25, -0.2) is 0 Å². The first-order valence-corrected chi connectivity index (χ1v) is 8.48. The first-order chi connectivity index (χ1) is 10.6. The Kier molecular flexibility index (Phi) is 3.42. The number of aromatic nitrogens is 1. The number of pyridine rings is 1. The lowest BCUT2D eigenvalue weighted by Crippen LogP contribution is -2.32. The predicted molar refractivity (Wildman–Crippen MR) is 89.9 cm³/mol. The van der Waals surface area contributed by atoms with E-state index in [1.54, 1.807) is 0 Å². The van der Waals surface area contributed by atoms with Crippen molar-refractivity contribution >= 4 is 32.7 Å². The number of benzene rings is 1. The van der Waals surface area contributed by atoms with Gasteiger partial charge in [0, 0.05) is 41.7 Å². The van der Waals surface area contributed by atoms with Crippen molar-refractivity contribution in [2.45, 2.75) is 6.92 Å². The highest BCUT2D eigenvalue weighted by molar-refractivity contribution is 9.10. The molecule has 22 heavy (non-hydrogen) atoms. The summed E-state index contributed by atoms with van der Waals surface area (Å²) in [6, 6.07) is 7.85. The average Bonchev–Trinajstić information content (AvgIpc) is 3.06. The van der Waals surface area contributed by atoms with E-state index < -0.39 is 0 Å². The van der Waals surface area contributed by atoms with E-state index in [-0.39, 0.29) is 5.91 Å². The molecule has 4 nitrogen and oxygen atoms in total. The summed E-state index contributed by atoms with van der Waals surface area (Å²) in [6.07, 6.45) is 0. The summed E-state index contributed by atoms with van der Waals surface area (Å²) in [6.45, 7) is 5.76. The zero-order valence-electron chi connectivity index (χ0n) is 12.5. The Morgan fingerprint density at radius 2 is 2.00 bits per heavy atom. The van der Waals surface area contributed by atoms with E-state index in [1.165, 1.54) is 0 Å². The molecule has 1 aromatic carbocycles. The standard InChI is InChI=1S/C17H18BrN3O/c1-10-4-15(14-3-2-13(18)5-16(14)20-10)17(22)21-8-11-6-19-7-12(11)9-21/h2-5,11-12,19H,6-9H2,1H3/t11-,12+. The Morgan fingerprint density at radius 1 is 1.27 bits per heavy atom. The zero-order chi connectivity index (χ0) is 15.3. The summed E-state index contributed by atoms with van der Waals surface area (Å²) in [5, 5.41) is 4.35. The Bertz CT molecular complexity index is 744. The van der Waals surface area contributed by atoms with E-state index in [0.29, 0.717) is 11.8 Å². The highest BCUT2D eigenvalue weighted by atomic mass is 79.9. The molecule has 0 bridgehead atoms. The molecule has 2 saturated heterocycles. The van der Waals surface area contributed by atoms with Crippen LogP contribution >= 0.6 is 15.9 Å². The maximum absolute atomic E-state index is 13.0. The van der Waals surface area contributed by atoms with E-state index in [2.05, 4.69) is 26.2 Å². The molecule has 2 aromatic rings. The minimum atomic E-state index is 0.146. The summed E-state index contributed by atoms with van der Waals surface area (Å²) >= 11 is 3.48. The number of halogens is 1. The number of carbonyl (C=O) groups excluding carboxylic acids is 1. The van der Waals surface area contributed by atoms with E-state index in [0.717, 1.165) is 52.8 Å². The first-order valence-electron chi connectivity index (χ1n) is 7.69. The molecule has 114 valence electrons. The monoisotopic (exact) mass is 359 g/mol. The maximum atomic E-state index is 13.0. The number of hydrogen-bond acceptors (Lipinski definition) is 3. The molecule has 2 fully saturated rings. The van der Waals surface area contributed by atoms with Crippen molar-refractivity contribution in [2.75, 3.05) is 26.2 Å². The molecule has 4 rings (SSSR count). The van der Waals surface area contributed by atoms with Gasteiger partial charge in [0.05, 0.1) is 11.1 Å². The second-order valence-electron chi connectivity index (χ2n) is 6.36. The summed E-state index contributed by atoms with van der Waals surface area (Å²) in [5.41, 5.74) is 2.54. The van der Waals surface area contributed by atoms with Crippen molar-refractivity contribution < 1.29 is 4.79 Å². The summed E-state index contributed by atoms with van der Waals surface area (Å²) < 4.78 is 0.985. The lowest BCUT2D eigenvalue weighted by Gasteiger charge is -2.19. The molecule has 1 aromatic heterocycles. The number of amides is 1. The van der Waals surface area contributed by atoms with E-state index in [4.69, 9.17) is 0 Å². The fourth-order valence-electron chi connectivity index (χ4n) is 3.70. The lowest BCUT2D eigenvalue weighted by atomic mass is 10.0. The minimum Gasteiger partial charge on any atom is -0.338 e. The lowest BCUT2D eigenvalue weighted by molar-refractivity contribution is 0.0783. The fourth-order valence-corrected chi connectivity index (χ4v) is 4.05. The Labute approximate surface area is 138 Å². The Hall–Kier alpha value is -1.46. The molecular weight excluding hydrogens is 342 g/mol. The van der Waals surface area contributed by atoms with Crippen LogP contribution in [-0.2, 0) is 0 Å². The van der Waals surface area contributed by atoms with E-state index >= 15 is 0 Å². The zero-order valence-corrected chi connectivity index (χ0v) is 14.1. The third kappa shape index (κ3) is 2.32. The normalized spacial score (nSPS) is 24.0. The van der Waals surface area contributed by atoms with Gasteiger partial charge in [-0.15, -0.1) is 0 Å². The van der Waals surface area contributed by atoms with Crippen LogP contribution < -0.4 is 5.32 Å². The third-order valence-electron chi connectivity index (χ3n) is 4.81. The molecule has 2 atom stereocenters. The number of nitrogens with zero attached hydrogens (tertiary/aromatic N) is 2. The molecule has 5 heteroatoms. The van der Waals surface area contributed by atoms with Gasteiger partial charge in [0.1, 0.15) is 0 Å².